The molecule has 27 heavy (non-hydrogen) atoms. The van der Waals surface area contributed by atoms with E-state index in [0.29, 0.717) is 22.8 Å². The molecular formula is C17H17BrN6O3. The van der Waals surface area contributed by atoms with E-state index >= 15 is 0 Å². The molecule has 0 aliphatic rings. The summed E-state index contributed by atoms with van der Waals surface area (Å²) in [5, 5.41) is 8.12. The first-order valence-corrected chi connectivity index (χ1v) is 8.68. The lowest BCUT2D eigenvalue weighted by atomic mass is 10.2. The fourth-order valence-electron chi connectivity index (χ4n) is 2.46. The van der Waals surface area contributed by atoms with Gasteiger partial charge in [0.25, 0.3) is 5.78 Å². The molecule has 0 radical (unpaired) electrons. The van der Waals surface area contributed by atoms with Gasteiger partial charge in [0.1, 0.15) is 11.5 Å². The predicted octanol–water partition coefficient (Wildman–Crippen LogP) is 2.28. The summed E-state index contributed by atoms with van der Waals surface area (Å²) in [6, 6.07) is 5.34. The monoisotopic (exact) mass is 432 g/mol. The molecule has 1 N–H and O–H groups in total. The van der Waals surface area contributed by atoms with E-state index < -0.39 is 5.91 Å². The normalized spacial score (nSPS) is 11.1. The van der Waals surface area contributed by atoms with E-state index in [2.05, 4.69) is 41.5 Å². The van der Waals surface area contributed by atoms with Crippen molar-refractivity contribution in [1.29, 1.82) is 0 Å². The average molecular weight is 433 g/mol. The van der Waals surface area contributed by atoms with Gasteiger partial charge in [0.15, 0.2) is 0 Å². The lowest BCUT2D eigenvalue weighted by Crippen LogP contribution is -2.19. The first kappa shape index (κ1) is 18.8. The van der Waals surface area contributed by atoms with Gasteiger partial charge in [-0.2, -0.15) is 10.1 Å². The van der Waals surface area contributed by atoms with Gasteiger partial charge < -0.3 is 9.47 Å². The van der Waals surface area contributed by atoms with Gasteiger partial charge in [0.05, 0.1) is 24.9 Å². The molecule has 9 nitrogen and oxygen atoms in total. The van der Waals surface area contributed by atoms with Crippen LogP contribution >= 0.6 is 15.9 Å². The van der Waals surface area contributed by atoms with Gasteiger partial charge in [-0.25, -0.2) is 14.9 Å². The number of aryl methyl sites for hydroxylation is 2. The van der Waals surface area contributed by atoms with Crippen LogP contribution in [0, 0.1) is 13.8 Å². The van der Waals surface area contributed by atoms with E-state index in [-0.39, 0.29) is 5.82 Å². The molecule has 0 fully saturated rings. The van der Waals surface area contributed by atoms with E-state index in [1.165, 1.54) is 17.8 Å². The molecule has 0 aliphatic heterocycles. The number of methoxy groups -OCH3 is 2. The number of halogens is 1. The second-order valence-electron chi connectivity index (χ2n) is 5.61. The van der Waals surface area contributed by atoms with Crippen LogP contribution in [0.5, 0.6) is 11.5 Å². The van der Waals surface area contributed by atoms with Gasteiger partial charge in [-0.15, -0.1) is 5.10 Å². The molecule has 10 heteroatoms. The molecule has 0 saturated heterocycles. The first-order chi connectivity index (χ1) is 12.9. The number of carbonyl (C=O) groups is 1. The van der Waals surface area contributed by atoms with Crippen molar-refractivity contribution in [2.45, 2.75) is 13.8 Å². The van der Waals surface area contributed by atoms with Crippen molar-refractivity contribution in [2.75, 3.05) is 14.2 Å². The third-order valence-corrected chi connectivity index (χ3v) is 4.31. The minimum absolute atomic E-state index is 0.0174. The van der Waals surface area contributed by atoms with Crippen LogP contribution in [0.25, 0.3) is 5.78 Å². The number of aromatic nitrogens is 4. The van der Waals surface area contributed by atoms with Crippen LogP contribution in [-0.2, 0) is 0 Å². The summed E-state index contributed by atoms with van der Waals surface area (Å²) in [7, 11) is 3.10. The standard InChI is InChI=1S/C17H17BrN6O3/c1-9-5-10(2)24-17(20-9)21-15(23-24)16(25)22-19-8-11-6-12(18)14(27-4)7-13(11)26-3/h5-8H,1-4H3,(H,22,25). The Labute approximate surface area is 163 Å². The van der Waals surface area contributed by atoms with Crippen molar-refractivity contribution in [1.82, 2.24) is 25.0 Å². The minimum atomic E-state index is -0.541. The fraction of sp³-hybridized carbons (Fsp3) is 0.235. The van der Waals surface area contributed by atoms with Gasteiger partial charge in [-0.05, 0) is 41.9 Å². The molecule has 3 aromatic rings. The van der Waals surface area contributed by atoms with Crippen LogP contribution in [0.1, 0.15) is 27.6 Å². The quantitative estimate of drug-likeness (QED) is 0.489. The minimum Gasteiger partial charge on any atom is -0.496 e. The van der Waals surface area contributed by atoms with Crippen LogP contribution in [0.3, 0.4) is 0 Å². The molecule has 0 saturated carbocycles. The summed E-state index contributed by atoms with van der Waals surface area (Å²) in [6.45, 7) is 3.72. The second kappa shape index (κ2) is 7.70. The molecule has 3 rings (SSSR count). The van der Waals surface area contributed by atoms with Crippen LogP contribution in [0.15, 0.2) is 27.8 Å². The Morgan fingerprint density at radius 2 is 1.93 bits per heavy atom. The number of hydrogen-bond donors (Lipinski definition) is 1. The van der Waals surface area contributed by atoms with E-state index in [4.69, 9.17) is 9.47 Å². The third kappa shape index (κ3) is 3.90. The van der Waals surface area contributed by atoms with Crippen molar-refractivity contribution in [2.24, 2.45) is 5.10 Å². The van der Waals surface area contributed by atoms with Crippen molar-refractivity contribution < 1.29 is 14.3 Å². The van der Waals surface area contributed by atoms with Crippen molar-refractivity contribution in [3.63, 3.8) is 0 Å². The largest absolute Gasteiger partial charge is 0.496 e. The number of fused-ring (bicyclic) bond motifs is 1. The maximum Gasteiger partial charge on any atom is 0.311 e. The molecule has 2 aromatic heterocycles. The molecule has 140 valence electrons. The number of amides is 1. The molecule has 1 amide bonds. The zero-order valence-electron chi connectivity index (χ0n) is 15.1. The highest BCUT2D eigenvalue weighted by molar-refractivity contribution is 9.10. The predicted molar refractivity (Wildman–Crippen MR) is 103 cm³/mol. The zero-order valence-corrected chi connectivity index (χ0v) is 16.7. The zero-order chi connectivity index (χ0) is 19.6. The molecule has 0 unspecified atom stereocenters. The Morgan fingerprint density at radius 1 is 1.19 bits per heavy atom. The van der Waals surface area contributed by atoms with Gasteiger partial charge in [0, 0.05) is 23.0 Å². The summed E-state index contributed by atoms with van der Waals surface area (Å²) in [4.78, 5) is 20.7. The van der Waals surface area contributed by atoms with E-state index in [1.54, 1.807) is 19.2 Å². The Kier molecular flexibility index (Phi) is 5.36. The molecular weight excluding hydrogens is 416 g/mol. The van der Waals surface area contributed by atoms with Crippen LogP contribution in [0.2, 0.25) is 0 Å². The highest BCUT2D eigenvalue weighted by atomic mass is 79.9. The molecule has 2 heterocycles. The highest BCUT2D eigenvalue weighted by Gasteiger charge is 2.14. The van der Waals surface area contributed by atoms with Gasteiger partial charge in [0.2, 0.25) is 5.82 Å². The molecule has 1 aromatic carbocycles. The Balaban J connectivity index is 1.80. The maximum atomic E-state index is 12.3. The fourth-order valence-corrected chi connectivity index (χ4v) is 2.98. The highest BCUT2D eigenvalue weighted by Crippen LogP contribution is 2.31. The lowest BCUT2D eigenvalue weighted by molar-refractivity contribution is 0.0945. The summed E-state index contributed by atoms with van der Waals surface area (Å²) >= 11 is 3.40. The number of nitrogens with one attached hydrogen (secondary N) is 1. The van der Waals surface area contributed by atoms with Gasteiger partial charge in [-0.3, -0.25) is 4.79 Å². The van der Waals surface area contributed by atoms with Crippen molar-refractivity contribution in [3.05, 3.63) is 45.4 Å². The summed E-state index contributed by atoms with van der Waals surface area (Å²) < 4.78 is 12.8. The molecule has 0 spiro atoms. The SMILES string of the molecule is COc1cc(OC)c(C=NNC(=O)c2nc3nc(C)cc(C)n3n2)cc1Br. The third-order valence-electron chi connectivity index (χ3n) is 3.70. The number of hydrogen-bond acceptors (Lipinski definition) is 7. The average Bonchev–Trinajstić information content (AvgIpc) is 3.06. The van der Waals surface area contributed by atoms with Gasteiger partial charge in [-0.1, -0.05) is 0 Å². The number of benzene rings is 1. The van der Waals surface area contributed by atoms with E-state index in [0.717, 1.165) is 15.9 Å². The Hall–Kier alpha value is -3.01. The van der Waals surface area contributed by atoms with Crippen molar-refractivity contribution >= 4 is 33.8 Å². The second-order valence-corrected chi connectivity index (χ2v) is 6.47. The molecule has 0 aliphatic carbocycles. The number of rotatable bonds is 5. The number of hydrazone groups is 1. The molecule has 0 bridgehead atoms. The van der Waals surface area contributed by atoms with Crippen LogP contribution in [0.4, 0.5) is 0 Å². The van der Waals surface area contributed by atoms with Crippen LogP contribution in [-0.4, -0.2) is 45.9 Å². The first-order valence-electron chi connectivity index (χ1n) is 7.89. The number of carbonyl (C=O) groups excluding carboxylic acids is 1. The Morgan fingerprint density at radius 3 is 2.63 bits per heavy atom. The Bertz CT molecular complexity index is 1050. The smallest absolute Gasteiger partial charge is 0.311 e. The number of ether oxygens (including phenoxy) is 2. The topological polar surface area (TPSA) is 103 Å². The van der Waals surface area contributed by atoms with E-state index in [9.17, 15) is 4.79 Å². The molecule has 0 atom stereocenters. The van der Waals surface area contributed by atoms with Gasteiger partial charge >= 0.3 is 5.91 Å². The van der Waals surface area contributed by atoms with Crippen molar-refractivity contribution in [3.8, 4) is 11.5 Å². The summed E-state index contributed by atoms with van der Waals surface area (Å²) in [5.74, 6) is 0.980. The van der Waals surface area contributed by atoms with E-state index in [1.807, 2.05) is 19.9 Å². The maximum absolute atomic E-state index is 12.3. The number of nitrogens with zero attached hydrogens (tertiary/aromatic N) is 5. The summed E-state index contributed by atoms with van der Waals surface area (Å²) in [6.07, 6.45) is 1.46. The summed E-state index contributed by atoms with van der Waals surface area (Å²) in [5.41, 5.74) is 4.69. The lowest BCUT2D eigenvalue weighted by Gasteiger charge is -2.09. The van der Waals surface area contributed by atoms with Crippen LogP contribution < -0.4 is 14.9 Å².